The molecule has 1 amide bonds. The molecular weight excluding hydrogens is 261 g/mol. The quantitative estimate of drug-likeness (QED) is 0.846. The Morgan fingerprint density at radius 2 is 1.95 bits per heavy atom. The molecule has 0 bridgehead atoms. The van der Waals surface area contributed by atoms with Crippen LogP contribution in [0.3, 0.4) is 0 Å². The zero-order valence-corrected chi connectivity index (χ0v) is 11.7. The number of halogens is 3. The van der Waals surface area contributed by atoms with E-state index >= 15 is 0 Å². The summed E-state index contributed by atoms with van der Waals surface area (Å²) in [6.45, 7) is 6.86. The molecule has 1 aliphatic heterocycles. The maximum absolute atomic E-state index is 12.6. The van der Waals surface area contributed by atoms with E-state index in [4.69, 9.17) is 4.74 Å². The Morgan fingerprint density at radius 3 is 2.42 bits per heavy atom. The number of hydrogen-bond acceptors (Lipinski definition) is 3. The number of alkyl halides is 3. The number of amides is 1. The number of likely N-dealkylation sites (tertiary alicyclic amines) is 1. The van der Waals surface area contributed by atoms with E-state index in [1.54, 1.807) is 20.8 Å². The molecule has 0 spiro atoms. The van der Waals surface area contributed by atoms with E-state index in [0.29, 0.717) is 13.0 Å². The molecule has 4 nitrogen and oxygen atoms in total. The maximum Gasteiger partial charge on any atom is 0.407 e. The number of nitrogens with zero attached hydrogens (tertiary/aromatic N) is 1. The van der Waals surface area contributed by atoms with E-state index in [2.05, 4.69) is 5.32 Å². The summed E-state index contributed by atoms with van der Waals surface area (Å²) >= 11 is 0. The minimum absolute atomic E-state index is 0.194. The summed E-state index contributed by atoms with van der Waals surface area (Å²) in [5, 5.41) is 2.60. The van der Waals surface area contributed by atoms with Gasteiger partial charge in [0.05, 0.1) is 0 Å². The molecule has 0 radical (unpaired) electrons. The molecule has 0 saturated carbocycles. The van der Waals surface area contributed by atoms with E-state index in [9.17, 15) is 18.0 Å². The molecule has 0 aromatic carbocycles. The van der Waals surface area contributed by atoms with Gasteiger partial charge in [0.25, 0.3) is 0 Å². The van der Waals surface area contributed by atoms with E-state index in [1.165, 1.54) is 4.90 Å². The lowest BCUT2D eigenvalue weighted by Crippen LogP contribution is -2.45. The van der Waals surface area contributed by atoms with Crippen molar-refractivity contribution in [1.29, 1.82) is 0 Å². The van der Waals surface area contributed by atoms with Crippen molar-refractivity contribution in [2.45, 2.75) is 58.0 Å². The molecule has 1 aliphatic rings. The van der Waals surface area contributed by atoms with Crippen molar-refractivity contribution in [3.05, 3.63) is 0 Å². The number of rotatable bonds is 2. The highest BCUT2D eigenvalue weighted by Crippen LogP contribution is 2.27. The van der Waals surface area contributed by atoms with Crippen LogP contribution < -0.4 is 5.32 Å². The van der Waals surface area contributed by atoms with Gasteiger partial charge in [-0.2, -0.15) is 13.2 Å². The summed E-state index contributed by atoms with van der Waals surface area (Å²) in [5.74, 6) is 0. The highest BCUT2D eigenvalue weighted by molar-refractivity contribution is 5.68. The van der Waals surface area contributed by atoms with Crippen molar-refractivity contribution in [3.63, 3.8) is 0 Å². The van der Waals surface area contributed by atoms with Crippen LogP contribution in [0.1, 0.15) is 34.1 Å². The fourth-order valence-electron chi connectivity index (χ4n) is 1.94. The molecular formula is C12H21F3N2O2. The fraction of sp³-hybridized carbons (Fsp3) is 0.917. The predicted octanol–water partition coefficient (Wildman–Crippen LogP) is 2.54. The molecule has 1 saturated heterocycles. The Balaban J connectivity index is 2.43. The van der Waals surface area contributed by atoms with E-state index in [0.717, 1.165) is 6.92 Å². The van der Waals surface area contributed by atoms with Crippen LogP contribution in [0.2, 0.25) is 0 Å². The van der Waals surface area contributed by atoms with Gasteiger partial charge in [0, 0.05) is 19.1 Å². The number of nitrogens with one attached hydrogen (secondary N) is 1. The van der Waals surface area contributed by atoms with E-state index < -0.39 is 23.9 Å². The Bertz CT molecular complexity index is 326. The largest absolute Gasteiger partial charge is 0.444 e. The monoisotopic (exact) mass is 282 g/mol. The Morgan fingerprint density at radius 1 is 1.37 bits per heavy atom. The first kappa shape index (κ1) is 16.1. The summed E-state index contributed by atoms with van der Waals surface area (Å²) in [7, 11) is 0. The van der Waals surface area contributed by atoms with Gasteiger partial charge in [-0.1, -0.05) is 0 Å². The third-order valence-corrected chi connectivity index (χ3v) is 2.96. The number of carbonyl (C=O) groups is 1. The van der Waals surface area contributed by atoms with Crippen molar-refractivity contribution < 1.29 is 22.7 Å². The maximum atomic E-state index is 12.6. The third kappa shape index (κ3) is 5.26. The zero-order valence-electron chi connectivity index (χ0n) is 11.7. The second-order valence-corrected chi connectivity index (χ2v) is 5.84. The van der Waals surface area contributed by atoms with Gasteiger partial charge in [-0.05, 0) is 34.1 Å². The molecule has 0 aromatic heterocycles. The SMILES string of the molecule is CC(N1CCC(NC(=O)OC(C)(C)C)C1)C(F)(F)F. The average Bonchev–Trinajstić information content (AvgIpc) is 2.60. The molecule has 112 valence electrons. The minimum atomic E-state index is -4.24. The molecule has 0 aliphatic carbocycles. The number of ether oxygens (including phenoxy) is 1. The van der Waals surface area contributed by atoms with Crippen LogP contribution in [0.15, 0.2) is 0 Å². The van der Waals surface area contributed by atoms with Crippen LogP contribution in [-0.2, 0) is 4.74 Å². The zero-order chi connectivity index (χ0) is 14.8. The first-order valence-electron chi connectivity index (χ1n) is 6.29. The highest BCUT2D eigenvalue weighted by Gasteiger charge is 2.42. The summed E-state index contributed by atoms with van der Waals surface area (Å²) in [6.07, 6.45) is -4.32. The van der Waals surface area contributed by atoms with Crippen molar-refractivity contribution in [2.24, 2.45) is 0 Å². The topological polar surface area (TPSA) is 41.6 Å². The second-order valence-electron chi connectivity index (χ2n) is 5.84. The van der Waals surface area contributed by atoms with Gasteiger partial charge >= 0.3 is 12.3 Å². The van der Waals surface area contributed by atoms with E-state index in [-0.39, 0.29) is 12.6 Å². The van der Waals surface area contributed by atoms with Crippen LogP contribution >= 0.6 is 0 Å². The number of hydrogen-bond donors (Lipinski definition) is 1. The van der Waals surface area contributed by atoms with Gasteiger partial charge in [-0.15, -0.1) is 0 Å². The average molecular weight is 282 g/mol. The molecule has 1 rings (SSSR count). The Labute approximate surface area is 111 Å². The molecule has 0 aromatic rings. The highest BCUT2D eigenvalue weighted by atomic mass is 19.4. The lowest BCUT2D eigenvalue weighted by atomic mass is 10.2. The van der Waals surface area contributed by atoms with Gasteiger partial charge < -0.3 is 10.1 Å². The van der Waals surface area contributed by atoms with Gasteiger partial charge in [0.1, 0.15) is 11.6 Å². The lowest BCUT2D eigenvalue weighted by Gasteiger charge is -2.26. The molecule has 2 unspecified atom stereocenters. The third-order valence-electron chi connectivity index (χ3n) is 2.96. The van der Waals surface area contributed by atoms with E-state index in [1.807, 2.05) is 0 Å². The first-order chi connectivity index (χ1) is 8.49. The molecule has 7 heteroatoms. The Kier molecular flexibility index (Phi) is 4.71. The number of alkyl carbamates (subject to hydrolysis) is 1. The molecule has 19 heavy (non-hydrogen) atoms. The summed E-state index contributed by atoms with van der Waals surface area (Å²) in [6, 6.07) is -1.78. The number of carbonyl (C=O) groups excluding carboxylic acids is 1. The van der Waals surface area contributed by atoms with Crippen molar-refractivity contribution >= 4 is 6.09 Å². The fourth-order valence-corrected chi connectivity index (χ4v) is 1.94. The molecule has 1 heterocycles. The van der Waals surface area contributed by atoms with Crippen molar-refractivity contribution in [1.82, 2.24) is 10.2 Å². The van der Waals surface area contributed by atoms with Crippen molar-refractivity contribution in [2.75, 3.05) is 13.1 Å². The lowest BCUT2D eigenvalue weighted by molar-refractivity contribution is -0.176. The van der Waals surface area contributed by atoms with Gasteiger partial charge in [0.15, 0.2) is 0 Å². The van der Waals surface area contributed by atoms with Gasteiger partial charge in [0.2, 0.25) is 0 Å². The van der Waals surface area contributed by atoms with Crippen LogP contribution in [0, 0.1) is 0 Å². The summed E-state index contributed by atoms with van der Waals surface area (Å²) in [4.78, 5) is 12.8. The van der Waals surface area contributed by atoms with Crippen molar-refractivity contribution in [3.8, 4) is 0 Å². The standard InChI is InChI=1S/C12H21F3N2O2/c1-8(12(13,14)15)17-6-5-9(7-17)16-10(18)19-11(2,3)4/h8-9H,5-7H2,1-4H3,(H,16,18). The van der Waals surface area contributed by atoms with Gasteiger partial charge in [-0.3, -0.25) is 4.90 Å². The second kappa shape index (κ2) is 5.56. The summed E-state index contributed by atoms with van der Waals surface area (Å²) < 4.78 is 42.7. The molecule has 1 N–H and O–H groups in total. The van der Waals surface area contributed by atoms with Gasteiger partial charge in [-0.25, -0.2) is 4.79 Å². The van der Waals surface area contributed by atoms with Crippen LogP contribution in [0.4, 0.5) is 18.0 Å². The first-order valence-corrected chi connectivity index (χ1v) is 6.29. The molecule has 2 atom stereocenters. The smallest absolute Gasteiger partial charge is 0.407 e. The van der Waals surface area contributed by atoms with Crippen LogP contribution in [0.5, 0.6) is 0 Å². The Hall–Kier alpha value is -0.980. The van der Waals surface area contributed by atoms with Crippen LogP contribution in [0.25, 0.3) is 0 Å². The molecule has 1 fully saturated rings. The van der Waals surface area contributed by atoms with Crippen LogP contribution in [-0.4, -0.2) is 47.9 Å². The predicted molar refractivity (Wildman–Crippen MR) is 64.9 cm³/mol. The normalized spacial score (nSPS) is 23.2. The summed E-state index contributed by atoms with van der Waals surface area (Å²) in [5.41, 5.74) is -0.609. The minimum Gasteiger partial charge on any atom is -0.444 e.